The molecule has 0 unspecified atom stereocenters. The molecule has 0 radical (unpaired) electrons. The van der Waals surface area contributed by atoms with Crippen molar-refractivity contribution < 1.29 is 26.8 Å². The molecule has 0 fully saturated rings. The fourth-order valence-corrected chi connectivity index (χ4v) is 5.83. The number of anilines is 2. The fourth-order valence-electron chi connectivity index (χ4n) is 5.32. The summed E-state index contributed by atoms with van der Waals surface area (Å²) in [6, 6.07) is 22.1. The van der Waals surface area contributed by atoms with Gasteiger partial charge in [-0.25, -0.2) is 12.8 Å². The van der Waals surface area contributed by atoms with Crippen molar-refractivity contribution in [3.05, 3.63) is 90.2 Å². The van der Waals surface area contributed by atoms with Crippen LogP contribution in [0.5, 0.6) is 5.75 Å². The van der Waals surface area contributed by atoms with Crippen LogP contribution < -0.4 is 20.1 Å². The second-order valence-corrected chi connectivity index (χ2v) is 12.4. The van der Waals surface area contributed by atoms with Gasteiger partial charge in [0.2, 0.25) is 10.0 Å². The van der Waals surface area contributed by atoms with Crippen molar-refractivity contribution >= 4 is 49.2 Å². The van der Waals surface area contributed by atoms with Gasteiger partial charge in [-0.05, 0) is 72.3 Å². The van der Waals surface area contributed by atoms with Crippen molar-refractivity contribution in [1.82, 2.24) is 10.3 Å². The monoisotopic (exact) mass is 612 g/mol. The molecule has 0 atom stereocenters. The van der Waals surface area contributed by atoms with E-state index >= 15 is 0 Å². The normalized spacial score (nSPS) is 11.7. The van der Waals surface area contributed by atoms with Gasteiger partial charge in [0.25, 0.3) is 5.91 Å². The van der Waals surface area contributed by atoms with E-state index in [0.29, 0.717) is 39.2 Å². The second kappa shape index (κ2) is 10.8. The van der Waals surface area contributed by atoms with Gasteiger partial charge < -0.3 is 25.2 Å². The zero-order valence-corrected chi connectivity index (χ0v) is 25.2. The molecule has 0 aliphatic rings. The number of nitrogens with zero attached hydrogens (tertiary/aromatic N) is 1. The third kappa shape index (κ3) is 5.01. The predicted molar refractivity (Wildman–Crippen MR) is 172 cm³/mol. The highest BCUT2D eigenvalue weighted by Crippen LogP contribution is 2.43. The van der Waals surface area contributed by atoms with Crippen LogP contribution in [0.3, 0.4) is 0 Å². The first-order valence-corrected chi connectivity index (χ1v) is 15.4. The molecule has 1 amide bonds. The summed E-state index contributed by atoms with van der Waals surface area (Å²) in [6.07, 6.45) is 1.11. The number of benzene rings is 4. The number of nitrogens with two attached hydrogens (primary N) is 1. The molecule has 11 heteroatoms. The largest absolute Gasteiger partial charge is 0.497 e. The number of hydrogen-bond acceptors (Lipinski definition) is 6. The number of hydrogen-bond donors (Lipinski definition) is 3. The second-order valence-electron chi connectivity index (χ2n) is 10.4. The number of sulfonamides is 1. The summed E-state index contributed by atoms with van der Waals surface area (Å²) >= 11 is 0. The van der Waals surface area contributed by atoms with Gasteiger partial charge in [-0.3, -0.25) is 9.10 Å². The van der Waals surface area contributed by atoms with Crippen molar-refractivity contribution in [3.8, 4) is 39.5 Å². The van der Waals surface area contributed by atoms with Crippen LogP contribution >= 0.6 is 0 Å². The molecule has 0 aliphatic heterocycles. The Bertz CT molecular complexity index is 2190. The molecule has 2 heterocycles. The van der Waals surface area contributed by atoms with E-state index < -0.39 is 21.7 Å². The molecule has 9 nitrogen and oxygen atoms in total. The van der Waals surface area contributed by atoms with Gasteiger partial charge in [0.1, 0.15) is 22.9 Å². The third-order valence-corrected chi connectivity index (χ3v) is 8.86. The molecule has 2 aromatic heterocycles. The number of nitrogen functional groups attached to an aromatic ring is 1. The Kier molecular flexibility index (Phi) is 7.05. The highest BCUT2D eigenvalue weighted by molar-refractivity contribution is 7.92. The number of H-pyrrole nitrogens is 1. The molecule has 0 bridgehead atoms. The number of halogens is 1. The lowest BCUT2D eigenvalue weighted by Gasteiger charge is -2.21. The number of rotatable bonds is 7. The third-order valence-electron chi connectivity index (χ3n) is 7.67. The van der Waals surface area contributed by atoms with Gasteiger partial charge in [-0.15, -0.1) is 0 Å². The molecule has 6 aromatic rings. The molecular formula is C33H29FN4O5S. The lowest BCUT2D eigenvalue weighted by atomic mass is 9.96. The van der Waals surface area contributed by atoms with E-state index in [1.165, 1.54) is 38.4 Å². The maximum Gasteiger partial charge on any atom is 0.255 e. The minimum atomic E-state index is -3.72. The first kappa shape index (κ1) is 28.8. The van der Waals surface area contributed by atoms with E-state index in [4.69, 9.17) is 14.9 Å². The Morgan fingerprint density at radius 1 is 0.977 bits per heavy atom. The van der Waals surface area contributed by atoms with E-state index in [1.807, 2.05) is 36.4 Å². The van der Waals surface area contributed by atoms with Crippen LogP contribution in [-0.4, -0.2) is 46.8 Å². The van der Waals surface area contributed by atoms with Crippen molar-refractivity contribution in [1.29, 1.82) is 0 Å². The topological polar surface area (TPSA) is 131 Å². The maximum absolute atomic E-state index is 13.7. The number of carbonyl (C=O) groups is 1. The number of carbonyl (C=O) groups excluding carboxylic acids is 1. The Morgan fingerprint density at radius 2 is 1.70 bits per heavy atom. The Morgan fingerprint density at radius 3 is 2.36 bits per heavy atom. The van der Waals surface area contributed by atoms with Crippen LogP contribution in [0.15, 0.2) is 83.3 Å². The Balaban J connectivity index is 1.65. The highest BCUT2D eigenvalue weighted by atomic mass is 32.2. The van der Waals surface area contributed by atoms with Gasteiger partial charge in [0.15, 0.2) is 0 Å². The molecule has 44 heavy (non-hydrogen) atoms. The number of aromatic amines is 1. The molecule has 4 N–H and O–H groups in total. The zero-order chi connectivity index (χ0) is 31.3. The Hall–Kier alpha value is -5.29. The first-order chi connectivity index (χ1) is 21.0. The quantitative estimate of drug-likeness (QED) is 0.179. The minimum absolute atomic E-state index is 0.228. The van der Waals surface area contributed by atoms with E-state index in [0.717, 1.165) is 32.7 Å². The summed E-state index contributed by atoms with van der Waals surface area (Å²) in [5.74, 6) is -0.0909. The number of amides is 1. The van der Waals surface area contributed by atoms with Gasteiger partial charge in [-0.1, -0.05) is 6.07 Å². The fraction of sp³-hybridized carbons (Fsp3) is 0.121. The lowest BCUT2D eigenvalue weighted by molar-refractivity contribution is 0.0964. The molecule has 224 valence electrons. The van der Waals surface area contributed by atoms with Crippen LogP contribution in [0.25, 0.3) is 55.6 Å². The Labute approximate surface area is 253 Å². The van der Waals surface area contributed by atoms with Crippen LogP contribution in [0.4, 0.5) is 15.8 Å². The van der Waals surface area contributed by atoms with Crippen LogP contribution in [0.1, 0.15) is 10.4 Å². The predicted octanol–water partition coefficient (Wildman–Crippen LogP) is 6.40. The van der Waals surface area contributed by atoms with Crippen molar-refractivity contribution in [2.75, 3.05) is 37.5 Å². The van der Waals surface area contributed by atoms with E-state index in [9.17, 15) is 17.6 Å². The highest BCUT2D eigenvalue weighted by Gasteiger charge is 2.26. The van der Waals surface area contributed by atoms with Crippen LogP contribution in [0, 0.1) is 5.82 Å². The number of aromatic nitrogens is 1. The summed E-state index contributed by atoms with van der Waals surface area (Å²) in [6.45, 7) is 0. The number of methoxy groups -OCH3 is 1. The summed E-state index contributed by atoms with van der Waals surface area (Å²) in [5, 5.41) is 3.97. The number of ether oxygens (including phenoxy) is 1. The smallest absolute Gasteiger partial charge is 0.255 e. The standard InChI is InChI=1S/C33H29FN4O5S/c1-36-33(39)31-25-15-23(19-12-20(14-22(13-19)42-3)28-16-24-26(35)6-5-7-27(24)37-28)29(38(2)44(4,40)41)17-30(25)43-32(31)18-8-10-21(34)11-9-18/h5-17,37H,35H2,1-4H3,(H,36,39). The van der Waals surface area contributed by atoms with Crippen LogP contribution in [0.2, 0.25) is 0 Å². The van der Waals surface area contributed by atoms with E-state index in [-0.39, 0.29) is 16.9 Å². The van der Waals surface area contributed by atoms with Gasteiger partial charge in [0.05, 0.1) is 24.6 Å². The average Bonchev–Trinajstić information content (AvgIpc) is 3.62. The summed E-state index contributed by atoms with van der Waals surface area (Å²) in [7, 11) is 0.785. The first-order valence-electron chi connectivity index (χ1n) is 13.6. The minimum Gasteiger partial charge on any atom is -0.497 e. The molecule has 0 aliphatic carbocycles. The summed E-state index contributed by atoms with van der Waals surface area (Å²) < 4.78 is 52.4. The van der Waals surface area contributed by atoms with Gasteiger partial charge in [0, 0.05) is 64.5 Å². The zero-order valence-electron chi connectivity index (χ0n) is 24.4. The van der Waals surface area contributed by atoms with E-state index in [1.54, 1.807) is 25.3 Å². The van der Waals surface area contributed by atoms with Gasteiger partial charge >= 0.3 is 0 Å². The summed E-state index contributed by atoms with van der Waals surface area (Å²) in [4.78, 5) is 16.6. The lowest BCUT2D eigenvalue weighted by Crippen LogP contribution is -2.25. The number of fused-ring (bicyclic) bond motifs is 2. The van der Waals surface area contributed by atoms with Crippen molar-refractivity contribution in [2.45, 2.75) is 0 Å². The maximum atomic E-state index is 13.7. The van der Waals surface area contributed by atoms with Crippen molar-refractivity contribution in [3.63, 3.8) is 0 Å². The molecule has 0 spiro atoms. The summed E-state index contributed by atoms with van der Waals surface area (Å²) in [5.41, 5.74) is 11.7. The molecular weight excluding hydrogens is 583 g/mol. The SMILES string of the molecule is CNC(=O)c1c(-c2ccc(F)cc2)oc2cc(N(C)S(C)(=O)=O)c(-c3cc(OC)cc(-c4cc5c(N)cccc5[nH]4)c3)cc12. The number of furan rings is 1. The molecule has 4 aromatic carbocycles. The van der Waals surface area contributed by atoms with Gasteiger partial charge in [-0.2, -0.15) is 0 Å². The molecule has 6 rings (SSSR count). The van der Waals surface area contributed by atoms with Crippen molar-refractivity contribution in [2.24, 2.45) is 0 Å². The molecule has 0 saturated carbocycles. The van der Waals surface area contributed by atoms with Crippen LogP contribution in [-0.2, 0) is 10.0 Å². The number of nitrogens with one attached hydrogen (secondary N) is 2. The molecule has 0 saturated heterocycles. The average molecular weight is 613 g/mol. The van der Waals surface area contributed by atoms with E-state index in [2.05, 4.69) is 10.3 Å².